The number of carbonyl (C=O) groups is 1. The van der Waals surface area contributed by atoms with Gasteiger partial charge in [-0.1, -0.05) is 60.1 Å². The number of amides is 1. The van der Waals surface area contributed by atoms with Gasteiger partial charge in [0, 0.05) is 49.4 Å². The molecule has 0 bridgehead atoms. The number of ether oxygens (including phenoxy) is 2. The minimum Gasteiger partial charge on any atom is -0.478 e. The average Bonchev–Trinajstić information content (AvgIpc) is 3.28. The summed E-state index contributed by atoms with van der Waals surface area (Å²) in [7, 11) is 1.60. The van der Waals surface area contributed by atoms with Crippen LogP contribution in [0.2, 0.25) is 0 Å². The van der Waals surface area contributed by atoms with E-state index >= 15 is 0 Å². The molecule has 36 heavy (non-hydrogen) atoms. The van der Waals surface area contributed by atoms with Crippen LogP contribution in [-0.4, -0.2) is 34.3 Å². The summed E-state index contributed by atoms with van der Waals surface area (Å²) < 4.78 is 10.7. The minimum atomic E-state index is -0.302. The van der Waals surface area contributed by atoms with Crippen LogP contribution in [0, 0.1) is 0 Å². The van der Waals surface area contributed by atoms with Crippen LogP contribution >= 0.6 is 11.6 Å². The van der Waals surface area contributed by atoms with Gasteiger partial charge in [-0.3, -0.25) is 14.7 Å². The van der Waals surface area contributed by atoms with Crippen LogP contribution in [-0.2, 0) is 30.7 Å². The van der Waals surface area contributed by atoms with Crippen molar-refractivity contribution in [3.05, 3.63) is 116 Å². The highest BCUT2D eigenvalue weighted by atomic mass is 35.5. The van der Waals surface area contributed by atoms with Crippen LogP contribution in [0.25, 0.3) is 0 Å². The van der Waals surface area contributed by atoms with E-state index in [1.54, 1.807) is 19.4 Å². The van der Waals surface area contributed by atoms with Crippen LogP contribution < -0.4 is 15.6 Å². The molecule has 1 amide bonds. The van der Waals surface area contributed by atoms with Gasteiger partial charge in [-0.05, 0) is 23.3 Å². The van der Waals surface area contributed by atoms with Crippen molar-refractivity contribution in [2.45, 2.75) is 26.0 Å². The highest BCUT2D eigenvalue weighted by Crippen LogP contribution is 2.21. The van der Waals surface area contributed by atoms with Gasteiger partial charge < -0.3 is 19.8 Å². The lowest BCUT2D eigenvalue weighted by molar-refractivity contribution is 0.0944. The SMILES string of the molecule is COCc1[nH]nc(C(=O)NCc2ccccc2OCCl)c1Cc1ccc(Cc2ccc[nH]c2=O)cc1. The maximum atomic E-state index is 13.1. The topological polar surface area (TPSA) is 109 Å². The van der Waals surface area contributed by atoms with Gasteiger partial charge in [0.15, 0.2) is 11.8 Å². The number of rotatable bonds is 11. The van der Waals surface area contributed by atoms with Crippen LogP contribution in [0.1, 0.15) is 44.0 Å². The maximum absolute atomic E-state index is 13.1. The lowest BCUT2D eigenvalue weighted by Gasteiger charge is -2.11. The number of nitrogens with zero attached hydrogens (tertiary/aromatic N) is 1. The van der Waals surface area contributed by atoms with Crippen LogP contribution in [0.4, 0.5) is 0 Å². The second-order valence-corrected chi connectivity index (χ2v) is 8.42. The second kappa shape index (κ2) is 12.2. The first-order chi connectivity index (χ1) is 17.6. The molecule has 0 spiro atoms. The summed E-state index contributed by atoms with van der Waals surface area (Å²) in [6.07, 6.45) is 2.66. The van der Waals surface area contributed by atoms with Crippen molar-refractivity contribution >= 4 is 17.5 Å². The molecule has 4 rings (SSSR count). The van der Waals surface area contributed by atoms with Gasteiger partial charge in [0.1, 0.15) is 5.75 Å². The summed E-state index contributed by atoms with van der Waals surface area (Å²) in [5.74, 6) is 0.317. The fraction of sp³-hybridized carbons (Fsp3) is 0.222. The number of para-hydroxylation sites is 1. The van der Waals surface area contributed by atoms with Crippen molar-refractivity contribution in [2.75, 3.05) is 13.2 Å². The van der Waals surface area contributed by atoms with Gasteiger partial charge in [-0.2, -0.15) is 5.10 Å². The lowest BCUT2D eigenvalue weighted by atomic mass is 9.99. The van der Waals surface area contributed by atoms with Crippen LogP contribution in [0.15, 0.2) is 71.7 Å². The Kier molecular flexibility index (Phi) is 8.54. The highest BCUT2D eigenvalue weighted by molar-refractivity contribution is 6.17. The summed E-state index contributed by atoms with van der Waals surface area (Å²) in [5, 5.41) is 10.1. The Labute approximate surface area is 213 Å². The van der Waals surface area contributed by atoms with E-state index in [9.17, 15) is 9.59 Å². The molecule has 2 aromatic heterocycles. The first kappa shape index (κ1) is 25.2. The van der Waals surface area contributed by atoms with E-state index in [-0.39, 0.29) is 24.1 Å². The number of methoxy groups -OCH3 is 1. The molecular weight excluding hydrogens is 480 g/mol. The number of benzene rings is 2. The van der Waals surface area contributed by atoms with Crippen molar-refractivity contribution in [3.63, 3.8) is 0 Å². The number of H-pyrrole nitrogens is 2. The van der Waals surface area contributed by atoms with Crippen LogP contribution in [0.5, 0.6) is 5.75 Å². The number of halogens is 1. The largest absolute Gasteiger partial charge is 0.478 e. The Balaban J connectivity index is 1.49. The second-order valence-electron chi connectivity index (χ2n) is 8.20. The molecule has 0 fully saturated rings. The number of hydrogen-bond donors (Lipinski definition) is 3. The van der Waals surface area contributed by atoms with Crippen molar-refractivity contribution in [3.8, 4) is 5.75 Å². The smallest absolute Gasteiger partial charge is 0.272 e. The maximum Gasteiger partial charge on any atom is 0.272 e. The minimum absolute atomic E-state index is 0.0233. The van der Waals surface area contributed by atoms with E-state index in [4.69, 9.17) is 21.1 Å². The molecule has 0 saturated carbocycles. The molecule has 2 heterocycles. The molecule has 0 aliphatic heterocycles. The summed E-state index contributed by atoms with van der Waals surface area (Å²) >= 11 is 5.70. The van der Waals surface area contributed by atoms with Gasteiger partial charge >= 0.3 is 0 Å². The van der Waals surface area contributed by atoms with E-state index in [1.807, 2.05) is 54.6 Å². The zero-order chi connectivity index (χ0) is 25.3. The summed E-state index contributed by atoms with van der Waals surface area (Å²) in [5.41, 5.74) is 5.30. The number of pyridine rings is 1. The molecule has 4 aromatic rings. The third-order valence-corrected chi connectivity index (χ3v) is 5.89. The van der Waals surface area contributed by atoms with Crippen molar-refractivity contribution < 1.29 is 14.3 Å². The molecule has 0 atom stereocenters. The first-order valence-electron chi connectivity index (χ1n) is 11.4. The number of hydrogen-bond acceptors (Lipinski definition) is 5. The third kappa shape index (κ3) is 6.21. The van der Waals surface area contributed by atoms with Crippen molar-refractivity contribution in [1.82, 2.24) is 20.5 Å². The van der Waals surface area contributed by atoms with Crippen molar-refractivity contribution in [1.29, 1.82) is 0 Å². The molecule has 0 aliphatic carbocycles. The standard InChI is InChI=1S/C27H27ClN4O4/c1-35-16-23-22(14-19-10-8-18(9-11-19)13-20-6-4-12-29-26(20)33)25(32-31-23)27(34)30-15-21-5-2-3-7-24(21)36-17-28/h2-12H,13-17H2,1H3,(H,29,33)(H,30,34)(H,31,32). The lowest BCUT2D eigenvalue weighted by Crippen LogP contribution is -2.24. The Hall–Kier alpha value is -3.88. The van der Waals surface area contributed by atoms with Crippen LogP contribution in [0.3, 0.4) is 0 Å². The molecule has 0 aliphatic rings. The Bertz CT molecular complexity index is 1360. The quantitative estimate of drug-likeness (QED) is 0.267. The molecule has 2 aromatic carbocycles. The number of aromatic nitrogens is 3. The van der Waals surface area contributed by atoms with E-state index in [2.05, 4.69) is 20.5 Å². The number of carbonyl (C=O) groups excluding carboxylic acids is 1. The van der Waals surface area contributed by atoms with Gasteiger partial charge in [0.05, 0.1) is 12.3 Å². The molecule has 0 radical (unpaired) electrons. The fourth-order valence-electron chi connectivity index (χ4n) is 3.95. The molecule has 9 heteroatoms. The molecule has 0 saturated heterocycles. The Morgan fingerprint density at radius 2 is 1.72 bits per heavy atom. The monoisotopic (exact) mass is 506 g/mol. The fourth-order valence-corrected chi connectivity index (χ4v) is 4.06. The molecule has 186 valence electrons. The Morgan fingerprint density at radius 3 is 2.44 bits per heavy atom. The normalized spacial score (nSPS) is 10.8. The van der Waals surface area contributed by atoms with Crippen molar-refractivity contribution in [2.24, 2.45) is 0 Å². The van der Waals surface area contributed by atoms with E-state index in [0.717, 1.165) is 27.9 Å². The van der Waals surface area contributed by atoms with Gasteiger partial charge in [-0.25, -0.2) is 0 Å². The number of aromatic amines is 2. The molecule has 0 unspecified atom stereocenters. The van der Waals surface area contributed by atoms with Gasteiger partial charge in [0.2, 0.25) is 0 Å². The van der Waals surface area contributed by atoms with Gasteiger partial charge in [0.25, 0.3) is 11.5 Å². The zero-order valence-corrected chi connectivity index (χ0v) is 20.6. The predicted octanol–water partition coefficient (Wildman–Crippen LogP) is 3.93. The number of nitrogens with one attached hydrogen (secondary N) is 3. The van der Waals surface area contributed by atoms with Gasteiger partial charge in [-0.15, -0.1) is 0 Å². The molecular formula is C27H27ClN4O4. The highest BCUT2D eigenvalue weighted by Gasteiger charge is 2.20. The Morgan fingerprint density at radius 1 is 1.00 bits per heavy atom. The number of alkyl halides is 1. The van der Waals surface area contributed by atoms with E-state index in [0.29, 0.717) is 36.5 Å². The first-order valence-corrected chi connectivity index (χ1v) is 12.0. The average molecular weight is 507 g/mol. The predicted molar refractivity (Wildman–Crippen MR) is 137 cm³/mol. The van der Waals surface area contributed by atoms with E-state index in [1.165, 1.54) is 0 Å². The molecule has 8 nitrogen and oxygen atoms in total. The summed E-state index contributed by atoms with van der Waals surface area (Å²) in [6, 6.07) is 19.0. The summed E-state index contributed by atoms with van der Waals surface area (Å²) in [6.45, 7) is 0.571. The summed E-state index contributed by atoms with van der Waals surface area (Å²) in [4.78, 5) is 27.7. The third-order valence-electron chi connectivity index (χ3n) is 5.78. The zero-order valence-electron chi connectivity index (χ0n) is 19.8. The molecule has 3 N–H and O–H groups in total. The van der Waals surface area contributed by atoms with E-state index < -0.39 is 0 Å².